The maximum atomic E-state index is 12.1. The molecule has 1 N–H and O–H groups in total. The smallest absolute Gasteiger partial charge is 0.263 e. The van der Waals surface area contributed by atoms with E-state index in [4.69, 9.17) is 4.74 Å². The maximum absolute atomic E-state index is 12.1. The van der Waals surface area contributed by atoms with Crippen LogP contribution in [0.25, 0.3) is 11.0 Å². The molecule has 0 aliphatic heterocycles. The van der Waals surface area contributed by atoms with Crippen LogP contribution in [0.2, 0.25) is 0 Å². The molecule has 0 atom stereocenters. The van der Waals surface area contributed by atoms with Crippen LogP contribution in [0.5, 0.6) is 5.75 Å². The molecule has 1 amide bonds. The number of carbonyl (C=O) groups is 1. The number of carbonyl (C=O) groups excluding carboxylic acids is 1. The van der Waals surface area contributed by atoms with Crippen molar-refractivity contribution in [1.82, 2.24) is 20.4 Å². The molecule has 7 nitrogen and oxygen atoms in total. The van der Waals surface area contributed by atoms with Crippen LogP contribution >= 0.6 is 15.9 Å². The van der Waals surface area contributed by atoms with Gasteiger partial charge in [-0.1, -0.05) is 52.3 Å². The first-order valence-corrected chi connectivity index (χ1v) is 10.0. The van der Waals surface area contributed by atoms with Crippen molar-refractivity contribution < 1.29 is 9.53 Å². The number of amides is 1. The van der Waals surface area contributed by atoms with Crippen molar-refractivity contribution >= 4 is 39.1 Å². The van der Waals surface area contributed by atoms with Crippen LogP contribution in [0.3, 0.4) is 0 Å². The second-order valence-electron chi connectivity index (χ2n) is 6.47. The number of fused-ring (bicyclic) bond motifs is 1. The molecule has 0 spiro atoms. The molecule has 4 aromatic rings. The molecule has 30 heavy (non-hydrogen) atoms. The number of nitrogens with one attached hydrogen (secondary N) is 1. The summed E-state index contributed by atoms with van der Waals surface area (Å²) in [5, 5.41) is 12.6. The molecule has 0 aliphatic rings. The fourth-order valence-corrected chi connectivity index (χ4v) is 3.04. The molecule has 1 heterocycles. The number of para-hydroxylation sites is 1. The number of nitrogens with zero attached hydrogens (tertiary/aromatic N) is 4. The topological polar surface area (TPSA) is 81.4 Å². The van der Waals surface area contributed by atoms with Gasteiger partial charge in [0.15, 0.2) is 0 Å². The van der Waals surface area contributed by atoms with Crippen LogP contribution in [0.15, 0.2) is 82.4 Å². The van der Waals surface area contributed by atoms with Gasteiger partial charge < -0.3 is 4.74 Å². The highest BCUT2D eigenvalue weighted by Crippen LogP contribution is 2.18. The highest BCUT2D eigenvalue weighted by atomic mass is 79.9. The zero-order valence-electron chi connectivity index (χ0n) is 15.9. The summed E-state index contributed by atoms with van der Waals surface area (Å²) in [5.74, 6) is 0.359. The SMILES string of the molecule is O=C(Cn1nc2ccccc2n1)NN=Cc1ccccc1OCc1ccc(Br)cc1. The van der Waals surface area contributed by atoms with E-state index in [1.165, 1.54) is 4.80 Å². The predicted molar refractivity (Wildman–Crippen MR) is 118 cm³/mol. The molecule has 0 saturated carbocycles. The number of hydrogen-bond donors (Lipinski definition) is 1. The Bertz CT molecular complexity index is 1150. The Kier molecular flexibility index (Phi) is 6.14. The van der Waals surface area contributed by atoms with E-state index in [1.54, 1.807) is 6.21 Å². The third kappa shape index (κ3) is 5.09. The number of benzene rings is 3. The first kappa shape index (κ1) is 19.8. The third-order valence-electron chi connectivity index (χ3n) is 4.23. The minimum Gasteiger partial charge on any atom is -0.488 e. The number of hydrogen-bond acceptors (Lipinski definition) is 5. The Morgan fingerprint density at radius 3 is 2.40 bits per heavy atom. The van der Waals surface area contributed by atoms with E-state index in [0.717, 1.165) is 26.6 Å². The first-order chi connectivity index (χ1) is 14.7. The van der Waals surface area contributed by atoms with E-state index in [-0.39, 0.29) is 12.5 Å². The average molecular weight is 464 g/mol. The van der Waals surface area contributed by atoms with Gasteiger partial charge in [-0.25, -0.2) is 5.43 Å². The van der Waals surface area contributed by atoms with Gasteiger partial charge in [0.2, 0.25) is 0 Å². The molecule has 0 radical (unpaired) electrons. The number of hydrazone groups is 1. The Hall–Kier alpha value is -3.52. The van der Waals surface area contributed by atoms with Gasteiger partial charge in [-0.2, -0.15) is 20.1 Å². The number of aromatic nitrogens is 3. The summed E-state index contributed by atoms with van der Waals surface area (Å²) in [6, 6.07) is 22.9. The third-order valence-corrected chi connectivity index (χ3v) is 4.76. The Morgan fingerprint density at radius 2 is 1.67 bits per heavy atom. The molecule has 0 unspecified atom stereocenters. The standard InChI is InChI=1S/C22H18BrN5O2/c23-18-11-9-16(10-12-18)15-30-21-8-4-1-5-17(21)13-24-25-22(29)14-28-26-19-6-2-3-7-20(19)27-28/h1-13H,14-15H2,(H,25,29). The Balaban J connectivity index is 1.35. The largest absolute Gasteiger partial charge is 0.488 e. The van der Waals surface area contributed by atoms with E-state index in [0.29, 0.717) is 12.4 Å². The van der Waals surface area contributed by atoms with E-state index >= 15 is 0 Å². The summed E-state index contributed by atoms with van der Waals surface area (Å²) >= 11 is 3.42. The molecule has 0 fully saturated rings. The lowest BCUT2D eigenvalue weighted by Crippen LogP contribution is -2.24. The number of ether oxygens (including phenoxy) is 1. The average Bonchev–Trinajstić information content (AvgIpc) is 3.16. The van der Waals surface area contributed by atoms with Gasteiger partial charge in [-0.3, -0.25) is 4.79 Å². The van der Waals surface area contributed by atoms with Crippen molar-refractivity contribution in [2.45, 2.75) is 13.2 Å². The molecular formula is C22H18BrN5O2. The molecule has 0 bridgehead atoms. The van der Waals surface area contributed by atoms with Gasteiger partial charge in [-0.15, -0.1) is 0 Å². The van der Waals surface area contributed by atoms with Crippen molar-refractivity contribution in [3.8, 4) is 5.75 Å². The van der Waals surface area contributed by atoms with E-state index < -0.39 is 0 Å². The molecule has 3 aromatic carbocycles. The van der Waals surface area contributed by atoms with E-state index in [1.807, 2.05) is 72.8 Å². The zero-order chi connectivity index (χ0) is 20.8. The minimum absolute atomic E-state index is 0.0201. The van der Waals surface area contributed by atoms with Crippen molar-refractivity contribution in [3.63, 3.8) is 0 Å². The predicted octanol–water partition coefficient (Wildman–Crippen LogP) is 3.92. The second kappa shape index (κ2) is 9.32. The summed E-state index contributed by atoms with van der Waals surface area (Å²) in [5.41, 5.74) is 5.80. The van der Waals surface area contributed by atoms with Gasteiger partial charge in [-0.05, 0) is 42.0 Å². The zero-order valence-corrected chi connectivity index (χ0v) is 17.5. The molecular weight excluding hydrogens is 446 g/mol. The van der Waals surface area contributed by atoms with Crippen LogP contribution in [0, 0.1) is 0 Å². The fourth-order valence-electron chi connectivity index (χ4n) is 2.77. The molecule has 150 valence electrons. The van der Waals surface area contributed by atoms with Crippen molar-refractivity contribution in [2.75, 3.05) is 0 Å². The molecule has 1 aromatic heterocycles. The highest BCUT2D eigenvalue weighted by Gasteiger charge is 2.07. The van der Waals surface area contributed by atoms with Gasteiger partial charge in [0.1, 0.15) is 29.9 Å². The summed E-state index contributed by atoms with van der Waals surface area (Å²) in [7, 11) is 0. The van der Waals surface area contributed by atoms with E-state index in [9.17, 15) is 4.79 Å². The van der Waals surface area contributed by atoms with Gasteiger partial charge >= 0.3 is 0 Å². The summed E-state index contributed by atoms with van der Waals surface area (Å²) in [6.07, 6.45) is 1.56. The molecule has 4 rings (SSSR count). The number of rotatable bonds is 7. The van der Waals surface area contributed by atoms with Crippen LogP contribution in [0.4, 0.5) is 0 Å². The van der Waals surface area contributed by atoms with Crippen molar-refractivity contribution in [1.29, 1.82) is 0 Å². The lowest BCUT2D eigenvalue weighted by molar-refractivity contribution is -0.122. The number of halogens is 1. The maximum Gasteiger partial charge on any atom is 0.263 e. The van der Waals surface area contributed by atoms with Gasteiger partial charge in [0, 0.05) is 10.0 Å². The van der Waals surface area contributed by atoms with Crippen molar-refractivity contribution in [2.24, 2.45) is 5.10 Å². The monoisotopic (exact) mass is 463 g/mol. The fraction of sp³-hybridized carbons (Fsp3) is 0.0909. The molecule has 8 heteroatoms. The van der Waals surface area contributed by atoms with Crippen LogP contribution in [0.1, 0.15) is 11.1 Å². The summed E-state index contributed by atoms with van der Waals surface area (Å²) in [4.78, 5) is 13.5. The summed E-state index contributed by atoms with van der Waals surface area (Å²) < 4.78 is 6.93. The minimum atomic E-state index is -0.320. The normalized spacial score (nSPS) is 11.1. The van der Waals surface area contributed by atoms with Crippen molar-refractivity contribution in [3.05, 3.63) is 88.4 Å². The van der Waals surface area contributed by atoms with Gasteiger partial charge in [0.05, 0.1) is 6.21 Å². The Morgan fingerprint density at radius 1 is 1.00 bits per heavy atom. The summed E-state index contributed by atoms with van der Waals surface area (Å²) in [6.45, 7) is 0.413. The van der Waals surface area contributed by atoms with E-state index in [2.05, 4.69) is 36.7 Å². The Labute approximate surface area is 181 Å². The first-order valence-electron chi connectivity index (χ1n) is 9.25. The lowest BCUT2D eigenvalue weighted by Gasteiger charge is -2.09. The van der Waals surface area contributed by atoms with Gasteiger partial charge in [0.25, 0.3) is 5.91 Å². The van der Waals surface area contributed by atoms with Crippen LogP contribution in [-0.4, -0.2) is 27.1 Å². The lowest BCUT2D eigenvalue weighted by atomic mass is 10.2. The molecule has 0 aliphatic carbocycles. The van der Waals surface area contributed by atoms with Crippen LogP contribution in [-0.2, 0) is 17.9 Å². The quantitative estimate of drug-likeness (QED) is 0.332. The molecule has 0 saturated heterocycles. The van der Waals surface area contributed by atoms with Crippen LogP contribution < -0.4 is 10.2 Å². The highest BCUT2D eigenvalue weighted by molar-refractivity contribution is 9.10. The second-order valence-corrected chi connectivity index (χ2v) is 7.38.